The van der Waals surface area contributed by atoms with Crippen molar-refractivity contribution >= 4 is 11.6 Å². The minimum absolute atomic E-state index is 0.0692. The first-order valence-electron chi connectivity index (χ1n) is 13.8. The van der Waals surface area contributed by atoms with Gasteiger partial charge in [-0.15, -0.1) is 0 Å². The molecule has 1 aromatic rings. The Bertz CT molecular complexity index is 894. The molecule has 208 valence electrons. The second-order valence-electron chi connectivity index (χ2n) is 11.4. The van der Waals surface area contributed by atoms with Crippen molar-refractivity contribution in [2.24, 2.45) is 5.92 Å². The number of halogens is 3. The van der Waals surface area contributed by atoms with E-state index in [0.717, 1.165) is 45.1 Å². The van der Waals surface area contributed by atoms with Crippen molar-refractivity contribution in [1.82, 2.24) is 14.7 Å². The van der Waals surface area contributed by atoms with Crippen molar-refractivity contribution in [3.63, 3.8) is 0 Å². The van der Waals surface area contributed by atoms with E-state index in [0.29, 0.717) is 56.3 Å². The Kier molecular flexibility index (Phi) is 9.07. The van der Waals surface area contributed by atoms with E-state index < -0.39 is 11.7 Å². The predicted molar refractivity (Wildman–Crippen MR) is 140 cm³/mol. The summed E-state index contributed by atoms with van der Waals surface area (Å²) in [4.78, 5) is 22.2. The standard InChI is InChI=1S/C28H43F3N4O2/c1-20(2)34-11-10-26(23(19-34)8-9-27(36)35-17-21(3)37-22(4)18-35)33-14-12-32(13-15-33)25-7-5-6-24(16-25)28(29,30)31/h5-7,16,20-23,26H,8-15,17-19H2,1-4H3/t21-,22+,23-,26+/m1/s1. The van der Waals surface area contributed by atoms with Crippen molar-refractivity contribution in [2.75, 3.05) is 57.3 Å². The van der Waals surface area contributed by atoms with Crippen LogP contribution in [0.5, 0.6) is 0 Å². The van der Waals surface area contributed by atoms with Gasteiger partial charge in [0.2, 0.25) is 5.91 Å². The zero-order valence-corrected chi connectivity index (χ0v) is 22.7. The molecular formula is C28H43F3N4O2. The van der Waals surface area contributed by atoms with E-state index >= 15 is 0 Å². The van der Waals surface area contributed by atoms with Gasteiger partial charge in [-0.2, -0.15) is 13.2 Å². The normalized spacial score (nSPS) is 28.6. The van der Waals surface area contributed by atoms with E-state index in [-0.39, 0.29) is 18.1 Å². The third-order valence-electron chi connectivity index (χ3n) is 8.28. The molecule has 3 saturated heterocycles. The van der Waals surface area contributed by atoms with Gasteiger partial charge in [0, 0.05) is 70.0 Å². The van der Waals surface area contributed by atoms with Crippen LogP contribution in [0.2, 0.25) is 0 Å². The summed E-state index contributed by atoms with van der Waals surface area (Å²) in [7, 11) is 0. The first kappa shape index (κ1) is 28.2. The van der Waals surface area contributed by atoms with Crippen molar-refractivity contribution in [3.05, 3.63) is 29.8 Å². The molecule has 37 heavy (non-hydrogen) atoms. The number of piperazine rings is 1. The summed E-state index contributed by atoms with van der Waals surface area (Å²) in [6.07, 6.45) is -1.72. The average Bonchev–Trinajstić information content (AvgIpc) is 2.86. The molecule has 3 fully saturated rings. The van der Waals surface area contributed by atoms with Gasteiger partial charge in [0.25, 0.3) is 0 Å². The maximum absolute atomic E-state index is 13.2. The highest BCUT2D eigenvalue weighted by molar-refractivity contribution is 5.76. The molecule has 3 aliphatic heterocycles. The molecule has 0 N–H and O–H groups in total. The Morgan fingerprint density at radius 2 is 1.70 bits per heavy atom. The molecular weight excluding hydrogens is 481 g/mol. The van der Waals surface area contributed by atoms with Gasteiger partial charge in [-0.1, -0.05) is 6.07 Å². The van der Waals surface area contributed by atoms with Crippen LogP contribution < -0.4 is 4.90 Å². The fourth-order valence-electron chi connectivity index (χ4n) is 6.32. The molecule has 0 spiro atoms. The van der Waals surface area contributed by atoms with E-state index in [2.05, 4.69) is 28.5 Å². The lowest BCUT2D eigenvalue weighted by molar-refractivity contribution is -0.143. The van der Waals surface area contributed by atoms with Gasteiger partial charge in [0.05, 0.1) is 17.8 Å². The van der Waals surface area contributed by atoms with Gasteiger partial charge < -0.3 is 19.4 Å². The zero-order chi connectivity index (χ0) is 26.7. The molecule has 4 rings (SSSR count). The monoisotopic (exact) mass is 524 g/mol. The minimum atomic E-state index is -4.33. The smallest absolute Gasteiger partial charge is 0.372 e. The quantitative estimate of drug-likeness (QED) is 0.554. The van der Waals surface area contributed by atoms with Crippen LogP contribution in [0.25, 0.3) is 0 Å². The third kappa shape index (κ3) is 7.18. The Morgan fingerprint density at radius 1 is 1.03 bits per heavy atom. The SMILES string of the molecule is CC(C)N1CC[C@H](N2CCN(c3cccc(C(F)(F)F)c3)CC2)[C@H](CCC(=O)N2C[C@@H](C)O[C@@H](C)C2)C1. The van der Waals surface area contributed by atoms with Crippen LogP contribution in [0, 0.1) is 5.92 Å². The second-order valence-corrected chi connectivity index (χ2v) is 11.4. The van der Waals surface area contributed by atoms with Crippen molar-refractivity contribution in [2.45, 2.75) is 77.4 Å². The average molecular weight is 525 g/mol. The summed E-state index contributed by atoms with van der Waals surface area (Å²) in [5.41, 5.74) is 0.0440. The lowest BCUT2D eigenvalue weighted by Crippen LogP contribution is -2.57. The highest BCUT2D eigenvalue weighted by Crippen LogP contribution is 2.33. The number of nitrogens with zero attached hydrogens (tertiary/aromatic N) is 4. The Labute approximate surface area is 219 Å². The molecule has 6 nitrogen and oxygen atoms in total. The first-order chi connectivity index (χ1) is 17.5. The third-order valence-corrected chi connectivity index (χ3v) is 8.28. The van der Waals surface area contributed by atoms with Crippen LogP contribution in [-0.4, -0.2) is 97.3 Å². The van der Waals surface area contributed by atoms with Crippen LogP contribution in [0.1, 0.15) is 52.5 Å². The fourth-order valence-corrected chi connectivity index (χ4v) is 6.32. The number of anilines is 1. The van der Waals surface area contributed by atoms with Crippen LogP contribution in [-0.2, 0) is 15.7 Å². The number of carbonyl (C=O) groups is 1. The fraction of sp³-hybridized carbons (Fsp3) is 0.750. The summed E-state index contributed by atoms with van der Waals surface area (Å²) in [6, 6.07) is 6.53. The number of amides is 1. The summed E-state index contributed by atoms with van der Waals surface area (Å²) in [6.45, 7) is 14.9. The molecule has 1 aromatic carbocycles. The molecule has 0 bridgehead atoms. The number of ether oxygens (including phenoxy) is 1. The van der Waals surface area contributed by atoms with E-state index in [1.807, 2.05) is 18.7 Å². The lowest BCUT2D eigenvalue weighted by atomic mass is 9.85. The number of rotatable bonds is 6. The van der Waals surface area contributed by atoms with Crippen molar-refractivity contribution in [1.29, 1.82) is 0 Å². The van der Waals surface area contributed by atoms with Crippen LogP contribution in [0.15, 0.2) is 24.3 Å². The molecule has 0 unspecified atom stereocenters. The van der Waals surface area contributed by atoms with Crippen molar-refractivity contribution < 1.29 is 22.7 Å². The Hall–Kier alpha value is -1.84. The molecule has 0 saturated carbocycles. The van der Waals surface area contributed by atoms with E-state index in [9.17, 15) is 18.0 Å². The van der Waals surface area contributed by atoms with E-state index in [1.165, 1.54) is 12.1 Å². The number of morpholine rings is 1. The van der Waals surface area contributed by atoms with Gasteiger partial charge in [-0.05, 0) is 71.2 Å². The Balaban J connectivity index is 1.37. The van der Waals surface area contributed by atoms with Gasteiger partial charge in [-0.3, -0.25) is 9.69 Å². The molecule has 1 amide bonds. The summed E-state index contributed by atoms with van der Waals surface area (Å²) in [5.74, 6) is 0.618. The maximum atomic E-state index is 13.2. The molecule has 9 heteroatoms. The van der Waals surface area contributed by atoms with Gasteiger partial charge in [0.15, 0.2) is 0 Å². The summed E-state index contributed by atoms with van der Waals surface area (Å²) < 4.78 is 45.4. The van der Waals surface area contributed by atoms with E-state index in [4.69, 9.17) is 4.74 Å². The number of benzene rings is 1. The maximum Gasteiger partial charge on any atom is 0.416 e. The van der Waals surface area contributed by atoms with Crippen LogP contribution >= 0.6 is 0 Å². The highest BCUT2D eigenvalue weighted by Gasteiger charge is 2.37. The lowest BCUT2D eigenvalue weighted by Gasteiger charge is -2.48. The van der Waals surface area contributed by atoms with Gasteiger partial charge >= 0.3 is 6.18 Å². The van der Waals surface area contributed by atoms with Crippen LogP contribution in [0.4, 0.5) is 18.9 Å². The number of hydrogen-bond donors (Lipinski definition) is 0. The van der Waals surface area contributed by atoms with Gasteiger partial charge in [-0.25, -0.2) is 0 Å². The first-order valence-corrected chi connectivity index (χ1v) is 13.8. The molecule has 0 aromatic heterocycles. The highest BCUT2D eigenvalue weighted by atomic mass is 19.4. The molecule has 3 aliphatic rings. The zero-order valence-electron chi connectivity index (χ0n) is 22.7. The summed E-state index contributed by atoms with van der Waals surface area (Å²) in [5, 5.41) is 0. The second kappa shape index (κ2) is 11.9. The largest absolute Gasteiger partial charge is 0.416 e. The number of likely N-dealkylation sites (tertiary alicyclic amines) is 1. The topological polar surface area (TPSA) is 39.3 Å². The predicted octanol–water partition coefficient (Wildman–Crippen LogP) is 4.34. The van der Waals surface area contributed by atoms with Crippen molar-refractivity contribution in [3.8, 4) is 0 Å². The number of hydrogen-bond acceptors (Lipinski definition) is 5. The molecule has 0 radical (unpaired) electrons. The molecule has 3 heterocycles. The number of alkyl halides is 3. The van der Waals surface area contributed by atoms with E-state index in [1.54, 1.807) is 6.07 Å². The molecule has 4 atom stereocenters. The van der Waals surface area contributed by atoms with Gasteiger partial charge in [0.1, 0.15) is 0 Å². The Morgan fingerprint density at radius 3 is 2.32 bits per heavy atom. The number of carbonyl (C=O) groups excluding carboxylic acids is 1. The van der Waals surface area contributed by atoms with Crippen LogP contribution in [0.3, 0.4) is 0 Å². The summed E-state index contributed by atoms with van der Waals surface area (Å²) >= 11 is 0. The minimum Gasteiger partial charge on any atom is -0.372 e. The number of piperidine rings is 1. The molecule has 0 aliphatic carbocycles.